The fourth-order valence-corrected chi connectivity index (χ4v) is 3.04. The van der Waals surface area contributed by atoms with Crippen molar-refractivity contribution < 1.29 is 9.47 Å². The third-order valence-corrected chi connectivity index (χ3v) is 4.37. The molecule has 1 aliphatic heterocycles. The minimum Gasteiger partial charge on any atom is -0.486 e. The first-order valence-corrected chi connectivity index (χ1v) is 9.15. The Labute approximate surface area is 158 Å². The molecule has 27 heavy (non-hydrogen) atoms. The lowest BCUT2D eigenvalue weighted by atomic mass is 10.2. The summed E-state index contributed by atoms with van der Waals surface area (Å²) in [6, 6.07) is 13.9. The Morgan fingerprint density at radius 3 is 2.93 bits per heavy atom. The van der Waals surface area contributed by atoms with Crippen LogP contribution in [0.15, 0.2) is 48.7 Å². The molecule has 1 aromatic carbocycles. The minimum absolute atomic E-state index is 0.217. The van der Waals surface area contributed by atoms with Gasteiger partial charge in [0, 0.05) is 25.2 Å². The summed E-state index contributed by atoms with van der Waals surface area (Å²) in [5.41, 5.74) is 1.13. The third-order valence-electron chi connectivity index (χ3n) is 4.37. The van der Waals surface area contributed by atoms with Gasteiger partial charge in [0.05, 0.1) is 13.2 Å². The summed E-state index contributed by atoms with van der Waals surface area (Å²) in [7, 11) is 0. The first-order chi connectivity index (χ1) is 13.3. The molecule has 0 spiro atoms. The van der Waals surface area contributed by atoms with Crippen LogP contribution in [0.5, 0.6) is 5.75 Å². The Morgan fingerprint density at radius 2 is 2.15 bits per heavy atom. The molecule has 0 amide bonds. The highest BCUT2D eigenvalue weighted by Crippen LogP contribution is 2.14. The summed E-state index contributed by atoms with van der Waals surface area (Å²) in [4.78, 5) is 9.18. The topological polar surface area (TPSA) is 74.1 Å². The Hall–Kier alpha value is -2.77. The van der Waals surface area contributed by atoms with E-state index in [1.807, 2.05) is 54.1 Å². The molecule has 1 saturated heterocycles. The number of pyridine rings is 1. The largest absolute Gasteiger partial charge is 0.486 e. The van der Waals surface area contributed by atoms with Crippen molar-refractivity contribution in [2.75, 3.05) is 19.8 Å². The maximum atomic E-state index is 5.81. The van der Waals surface area contributed by atoms with Gasteiger partial charge in [-0.2, -0.15) is 4.68 Å². The van der Waals surface area contributed by atoms with Gasteiger partial charge in [-0.3, -0.25) is 0 Å². The van der Waals surface area contributed by atoms with E-state index in [1.54, 1.807) is 6.20 Å². The lowest BCUT2D eigenvalue weighted by molar-refractivity contribution is 0.0762. The van der Waals surface area contributed by atoms with Crippen molar-refractivity contribution in [2.24, 2.45) is 0 Å². The van der Waals surface area contributed by atoms with Gasteiger partial charge in [0.25, 0.3) is 0 Å². The van der Waals surface area contributed by atoms with Gasteiger partial charge in [0.15, 0.2) is 11.6 Å². The normalized spacial score (nSPS) is 17.0. The first kappa shape index (κ1) is 17.6. The van der Waals surface area contributed by atoms with Gasteiger partial charge < -0.3 is 14.8 Å². The van der Waals surface area contributed by atoms with Crippen LogP contribution in [0, 0.1) is 6.92 Å². The fraction of sp³-hybridized carbons (Fsp3) is 0.350. The van der Waals surface area contributed by atoms with Gasteiger partial charge in [0.1, 0.15) is 18.2 Å². The average molecular weight is 365 g/mol. The molecule has 7 heteroatoms. The van der Waals surface area contributed by atoms with Gasteiger partial charge >= 0.3 is 0 Å². The molecule has 0 unspecified atom stereocenters. The van der Waals surface area contributed by atoms with Gasteiger partial charge in [-0.05, 0) is 36.8 Å². The van der Waals surface area contributed by atoms with Crippen LogP contribution < -0.4 is 10.1 Å². The van der Waals surface area contributed by atoms with Gasteiger partial charge in [-0.15, -0.1) is 5.10 Å². The van der Waals surface area contributed by atoms with Crippen molar-refractivity contribution in [2.45, 2.75) is 26.0 Å². The van der Waals surface area contributed by atoms with E-state index >= 15 is 0 Å². The van der Waals surface area contributed by atoms with Crippen LogP contribution in [-0.4, -0.2) is 45.5 Å². The highest BCUT2D eigenvalue weighted by molar-refractivity contribution is 5.27. The molecule has 0 aliphatic carbocycles. The second kappa shape index (κ2) is 8.28. The number of hydrogen-bond acceptors (Lipinski definition) is 6. The van der Waals surface area contributed by atoms with E-state index in [0.717, 1.165) is 36.1 Å². The van der Waals surface area contributed by atoms with Gasteiger partial charge in [-0.25, -0.2) is 9.97 Å². The molecule has 2 aromatic heterocycles. The Morgan fingerprint density at radius 1 is 1.26 bits per heavy atom. The van der Waals surface area contributed by atoms with Crippen LogP contribution in [0.1, 0.15) is 17.2 Å². The molecular formula is C20H23N5O2. The highest BCUT2D eigenvalue weighted by atomic mass is 16.5. The number of hydrogen-bond donors (Lipinski definition) is 1. The molecule has 3 heterocycles. The number of nitrogens with zero attached hydrogens (tertiary/aromatic N) is 4. The number of aryl methyl sites for hydroxylation is 1. The molecule has 1 aliphatic rings. The van der Waals surface area contributed by atoms with E-state index in [9.17, 15) is 0 Å². The SMILES string of the molecule is Cc1ccnc(-n2nc(COc3ccccc3)nc2C[C@@H]2COCCN2)c1. The molecule has 0 bridgehead atoms. The second-order valence-corrected chi connectivity index (χ2v) is 6.58. The van der Waals surface area contributed by atoms with Crippen LogP contribution in [0.25, 0.3) is 5.82 Å². The van der Waals surface area contributed by atoms with E-state index in [-0.39, 0.29) is 6.04 Å². The monoisotopic (exact) mass is 365 g/mol. The van der Waals surface area contributed by atoms with E-state index < -0.39 is 0 Å². The molecule has 7 nitrogen and oxygen atoms in total. The summed E-state index contributed by atoms with van der Waals surface area (Å²) in [6.45, 7) is 4.62. The number of aromatic nitrogens is 4. The number of ether oxygens (including phenoxy) is 2. The number of nitrogens with one attached hydrogen (secondary N) is 1. The van der Waals surface area contributed by atoms with Gasteiger partial charge in [0.2, 0.25) is 0 Å². The molecule has 140 valence electrons. The molecule has 0 radical (unpaired) electrons. The quantitative estimate of drug-likeness (QED) is 0.721. The Balaban J connectivity index is 1.57. The predicted molar refractivity (Wildman–Crippen MR) is 101 cm³/mol. The number of para-hydroxylation sites is 1. The second-order valence-electron chi connectivity index (χ2n) is 6.58. The first-order valence-electron chi connectivity index (χ1n) is 9.15. The van der Waals surface area contributed by atoms with Crippen LogP contribution in [0.2, 0.25) is 0 Å². The molecule has 1 fully saturated rings. The molecule has 3 aromatic rings. The zero-order chi connectivity index (χ0) is 18.5. The standard InChI is InChI=1S/C20H23N5O2/c1-15-7-8-22-19(11-15)25-20(12-16-13-26-10-9-21-16)23-18(24-25)14-27-17-5-3-2-4-6-17/h2-8,11,16,21H,9-10,12-14H2,1H3/t16-/m1/s1. The summed E-state index contributed by atoms with van der Waals surface area (Å²) in [5, 5.41) is 8.12. The summed E-state index contributed by atoms with van der Waals surface area (Å²) in [5.74, 6) is 3.04. The number of benzene rings is 1. The molecule has 4 rings (SSSR count). The van der Waals surface area contributed by atoms with Crippen LogP contribution in [0.3, 0.4) is 0 Å². The van der Waals surface area contributed by atoms with E-state index in [0.29, 0.717) is 25.5 Å². The van der Waals surface area contributed by atoms with E-state index in [2.05, 4.69) is 15.4 Å². The lowest BCUT2D eigenvalue weighted by Gasteiger charge is -2.23. The average Bonchev–Trinajstić information content (AvgIpc) is 3.11. The maximum Gasteiger partial charge on any atom is 0.188 e. The van der Waals surface area contributed by atoms with E-state index in [1.165, 1.54) is 0 Å². The highest BCUT2D eigenvalue weighted by Gasteiger charge is 2.20. The zero-order valence-corrected chi connectivity index (χ0v) is 15.3. The van der Waals surface area contributed by atoms with Crippen molar-refractivity contribution in [1.82, 2.24) is 25.1 Å². The van der Waals surface area contributed by atoms with Crippen molar-refractivity contribution in [3.05, 3.63) is 65.9 Å². The molecule has 1 N–H and O–H groups in total. The molecule has 1 atom stereocenters. The smallest absolute Gasteiger partial charge is 0.188 e. The summed E-state index contributed by atoms with van der Waals surface area (Å²) >= 11 is 0. The van der Waals surface area contributed by atoms with Gasteiger partial charge in [-0.1, -0.05) is 18.2 Å². The Bertz CT molecular complexity index is 875. The third kappa shape index (κ3) is 4.50. The molecule has 0 saturated carbocycles. The summed E-state index contributed by atoms with van der Waals surface area (Å²) < 4.78 is 13.2. The van der Waals surface area contributed by atoms with Crippen LogP contribution in [-0.2, 0) is 17.8 Å². The van der Waals surface area contributed by atoms with Crippen LogP contribution >= 0.6 is 0 Å². The Kier molecular flexibility index (Phi) is 5.41. The number of morpholine rings is 1. The van der Waals surface area contributed by atoms with Crippen molar-refractivity contribution in [3.8, 4) is 11.6 Å². The van der Waals surface area contributed by atoms with E-state index in [4.69, 9.17) is 14.5 Å². The molecular weight excluding hydrogens is 342 g/mol. The minimum atomic E-state index is 0.217. The van der Waals surface area contributed by atoms with Crippen molar-refractivity contribution in [1.29, 1.82) is 0 Å². The lowest BCUT2D eigenvalue weighted by Crippen LogP contribution is -2.43. The summed E-state index contributed by atoms with van der Waals surface area (Å²) in [6.07, 6.45) is 2.51. The van der Waals surface area contributed by atoms with Crippen molar-refractivity contribution >= 4 is 0 Å². The van der Waals surface area contributed by atoms with Crippen molar-refractivity contribution in [3.63, 3.8) is 0 Å². The zero-order valence-electron chi connectivity index (χ0n) is 15.3. The predicted octanol–water partition coefficient (Wildman–Crippen LogP) is 2.08. The maximum absolute atomic E-state index is 5.81. The van der Waals surface area contributed by atoms with Crippen LogP contribution in [0.4, 0.5) is 0 Å². The fourth-order valence-electron chi connectivity index (χ4n) is 3.04. The number of rotatable bonds is 6.